The van der Waals surface area contributed by atoms with Crippen molar-refractivity contribution in [2.75, 3.05) is 7.11 Å². The molecule has 1 N–H and O–H groups in total. The third-order valence-electron chi connectivity index (χ3n) is 6.28. The summed E-state index contributed by atoms with van der Waals surface area (Å²) in [5, 5.41) is 7.08. The van der Waals surface area contributed by atoms with Crippen LogP contribution in [0.1, 0.15) is 36.1 Å². The van der Waals surface area contributed by atoms with E-state index in [-0.39, 0.29) is 17.5 Å². The summed E-state index contributed by atoms with van der Waals surface area (Å²) in [6.07, 6.45) is 0.403. The number of methoxy groups -OCH3 is 1. The molecule has 0 aliphatic carbocycles. The number of aryl methyl sites for hydroxylation is 1. The Morgan fingerprint density at radius 1 is 1.00 bits per heavy atom. The van der Waals surface area contributed by atoms with Crippen LogP contribution in [0.3, 0.4) is 0 Å². The number of aromatic amines is 1. The zero-order chi connectivity index (χ0) is 23.8. The van der Waals surface area contributed by atoms with Crippen molar-refractivity contribution in [3.05, 3.63) is 99.8 Å². The van der Waals surface area contributed by atoms with Crippen LogP contribution in [-0.2, 0) is 4.79 Å². The number of rotatable bonds is 4. The number of benzene rings is 3. The van der Waals surface area contributed by atoms with Crippen LogP contribution < -0.4 is 10.3 Å². The van der Waals surface area contributed by atoms with E-state index in [0.29, 0.717) is 23.4 Å². The number of carbonyl (C=O) groups is 1. The van der Waals surface area contributed by atoms with Gasteiger partial charge in [0.05, 0.1) is 24.4 Å². The van der Waals surface area contributed by atoms with Crippen molar-refractivity contribution < 1.29 is 9.53 Å². The van der Waals surface area contributed by atoms with Crippen molar-refractivity contribution in [2.24, 2.45) is 5.10 Å². The fourth-order valence-electron chi connectivity index (χ4n) is 4.67. The van der Waals surface area contributed by atoms with Crippen LogP contribution in [0, 0.1) is 6.92 Å². The van der Waals surface area contributed by atoms with Gasteiger partial charge in [-0.25, -0.2) is 5.01 Å². The van der Waals surface area contributed by atoms with Crippen molar-refractivity contribution in [3.63, 3.8) is 0 Å². The SMILES string of the molecule is COc1ccccc1C1CC(c2c(-c3ccc(C)cc3)c3ccccc3[nH]c2=O)=NN1C(C)=O. The third kappa shape index (κ3) is 3.67. The summed E-state index contributed by atoms with van der Waals surface area (Å²) in [7, 11) is 1.61. The zero-order valence-electron chi connectivity index (χ0n) is 19.3. The molecule has 1 atom stereocenters. The number of ether oxygens (including phenoxy) is 1. The van der Waals surface area contributed by atoms with E-state index in [4.69, 9.17) is 4.74 Å². The number of aromatic nitrogens is 1. The maximum Gasteiger partial charge on any atom is 0.258 e. The molecular formula is C28H25N3O3. The van der Waals surface area contributed by atoms with E-state index in [1.54, 1.807) is 7.11 Å². The first-order valence-electron chi connectivity index (χ1n) is 11.2. The van der Waals surface area contributed by atoms with Gasteiger partial charge < -0.3 is 9.72 Å². The van der Waals surface area contributed by atoms with E-state index in [0.717, 1.165) is 33.2 Å². The van der Waals surface area contributed by atoms with E-state index in [2.05, 4.69) is 10.1 Å². The summed E-state index contributed by atoms with van der Waals surface area (Å²) >= 11 is 0. The Morgan fingerprint density at radius 2 is 1.71 bits per heavy atom. The molecule has 0 saturated heterocycles. The number of nitrogens with zero attached hydrogens (tertiary/aromatic N) is 2. The number of hydrogen-bond acceptors (Lipinski definition) is 4. The van der Waals surface area contributed by atoms with Crippen LogP contribution in [0.15, 0.2) is 82.7 Å². The number of H-pyrrole nitrogens is 1. The molecule has 0 radical (unpaired) electrons. The van der Waals surface area contributed by atoms with Crippen LogP contribution in [0.4, 0.5) is 0 Å². The maximum absolute atomic E-state index is 13.5. The summed E-state index contributed by atoms with van der Waals surface area (Å²) in [6, 6.07) is 23.1. The molecule has 1 amide bonds. The molecule has 0 bridgehead atoms. The maximum atomic E-state index is 13.5. The average Bonchev–Trinajstić information content (AvgIpc) is 3.29. The van der Waals surface area contributed by atoms with Gasteiger partial charge in [0, 0.05) is 35.4 Å². The second kappa shape index (κ2) is 8.63. The lowest BCUT2D eigenvalue weighted by Gasteiger charge is -2.22. The van der Waals surface area contributed by atoms with Crippen LogP contribution in [0.5, 0.6) is 5.75 Å². The number of amides is 1. The minimum Gasteiger partial charge on any atom is -0.496 e. The second-order valence-corrected chi connectivity index (χ2v) is 8.49. The highest BCUT2D eigenvalue weighted by Gasteiger charge is 2.35. The fraction of sp³-hybridized carbons (Fsp3) is 0.179. The standard InChI is InChI=1S/C28H25N3O3/c1-17-12-14-19(15-13-17)26-20-8-4-6-10-22(20)29-28(33)27(26)23-16-24(31(30-23)18(2)32)21-9-5-7-11-25(21)34-3/h4-15,24H,16H2,1-3H3,(H,29,33). The molecule has 6 heteroatoms. The molecule has 1 aromatic heterocycles. The summed E-state index contributed by atoms with van der Waals surface area (Å²) in [4.78, 5) is 29.1. The monoisotopic (exact) mass is 451 g/mol. The van der Waals surface area contributed by atoms with Gasteiger partial charge in [-0.05, 0) is 24.6 Å². The first kappa shape index (κ1) is 21.6. The largest absolute Gasteiger partial charge is 0.496 e. The molecule has 1 aliphatic heterocycles. The van der Waals surface area contributed by atoms with Crippen LogP contribution in [0.25, 0.3) is 22.0 Å². The molecule has 0 saturated carbocycles. The minimum absolute atomic E-state index is 0.194. The van der Waals surface area contributed by atoms with E-state index < -0.39 is 0 Å². The van der Waals surface area contributed by atoms with Crippen molar-refractivity contribution in [1.82, 2.24) is 9.99 Å². The number of pyridine rings is 1. The Morgan fingerprint density at radius 3 is 2.44 bits per heavy atom. The molecule has 4 aromatic rings. The van der Waals surface area contributed by atoms with Gasteiger partial charge in [-0.2, -0.15) is 5.10 Å². The smallest absolute Gasteiger partial charge is 0.258 e. The predicted octanol–water partition coefficient (Wildman–Crippen LogP) is 5.21. The molecule has 0 fully saturated rings. The van der Waals surface area contributed by atoms with Gasteiger partial charge >= 0.3 is 0 Å². The number of para-hydroxylation sites is 2. The number of hydrogen-bond donors (Lipinski definition) is 1. The Hall–Kier alpha value is -4.19. The molecule has 6 nitrogen and oxygen atoms in total. The molecule has 0 spiro atoms. The summed E-state index contributed by atoms with van der Waals surface area (Å²) < 4.78 is 5.56. The lowest BCUT2D eigenvalue weighted by atomic mass is 9.90. The Labute approximate surface area is 197 Å². The second-order valence-electron chi connectivity index (χ2n) is 8.49. The van der Waals surface area contributed by atoms with Gasteiger partial charge in [0.25, 0.3) is 5.56 Å². The molecule has 34 heavy (non-hydrogen) atoms. The van der Waals surface area contributed by atoms with Crippen LogP contribution in [-0.4, -0.2) is 28.7 Å². The number of nitrogens with one attached hydrogen (secondary N) is 1. The highest BCUT2D eigenvalue weighted by Crippen LogP contribution is 2.39. The van der Waals surface area contributed by atoms with Crippen molar-refractivity contribution in [1.29, 1.82) is 0 Å². The molecule has 5 rings (SSSR count). The van der Waals surface area contributed by atoms with E-state index in [1.165, 1.54) is 11.9 Å². The number of hydrazone groups is 1. The van der Waals surface area contributed by atoms with Gasteiger partial charge in [-0.15, -0.1) is 0 Å². The summed E-state index contributed by atoms with van der Waals surface area (Å²) in [5.74, 6) is 0.487. The Kier molecular flexibility index (Phi) is 5.49. The normalized spacial score (nSPS) is 15.4. The van der Waals surface area contributed by atoms with Crippen LogP contribution >= 0.6 is 0 Å². The lowest BCUT2D eigenvalue weighted by molar-refractivity contribution is -0.130. The summed E-state index contributed by atoms with van der Waals surface area (Å²) in [5.41, 5.74) is 5.35. The average molecular weight is 452 g/mol. The van der Waals surface area contributed by atoms with Gasteiger partial charge in [0.1, 0.15) is 5.75 Å². The van der Waals surface area contributed by atoms with E-state index in [9.17, 15) is 9.59 Å². The molecule has 170 valence electrons. The van der Waals surface area contributed by atoms with Crippen molar-refractivity contribution >= 4 is 22.5 Å². The first-order valence-corrected chi connectivity index (χ1v) is 11.2. The molecule has 3 aromatic carbocycles. The molecule has 1 aliphatic rings. The van der Waals surface area contributed by atoms with Gasteiger partial charge in [-0.3, -0.25) is 9.59 Å². The highest BCUT2D eigenvalue weighted by atomic mass is 16.5. The van der Waals surface area contributed by atoms with Gasteiger partial charge in [0.15, 0.2) is 0 Å². The quantitative estimate of drug-likeness (QED) is 0.463. The van der Waals surface area contributed by atoms with Gasteiger partial charge in [0.2, 0.25) is 5.91 Å². The van der Waals surface area contributed by atoms with Crippen molar-refractivity contribution in [3.8, 4) is 16.9 Å². The molecular weight excluding hydrogens is 426 g/mol. The minimum atomic E-state index is -0.361. The van der Waals surface area contributed by atoms with Gasteiger partial charge in [-0.1, -0.05) is 66.2 Å². The van der Waals surface area contributed by atoms with E-state index in [1.807, 2.05) is 79.7 Å². The first-order chi connectivity index (χ1) is 16.5. The topological polar surface area (TPSA) is 74.8 Å². The molecule has 1 unspecified atom stereocenters. The number of fused-ring (bicyclic) bond motifs is 1. The lowest BCUT2D eigenvalue weighted by Crippen LogP contribution is -2.24. The van der Waals surface area contributed by atoms with Crippen molar-refractivity contribution in [2.45, 2.75) is 26.3 Å². The third-order valence-corrected chi connectivity index (χ3v) is 6.28. The van der Waals surface area contributed by atoms with Crippen LogP contribution in [0.2, 0.25) is 0 Å². The zero-order valence-corrected chi connectivity index (χ0v) is 19.3. The Bertz CT molecular complexity index is 1490. The molecule has 2 heterocycles. The van der Waals surface area contributed by atoms with E-state index >= 15 is 0 Å². The predicted molar refractivity (Wildman–Crippen MR) is 134 cm³/mol. The highest BCUT2D eigenvalue weighted by molar-refractivity contribution is 6.12. The Balaban J connectivity index is 1.73. The fourth-order valence-corrected chi connectivity index (χ4v) is 4.67. The number of carbonyl (C=O) groups excluding carboxylic acids is 1. The summed E-state index contributed by atoms with van der Waals surface area (Å²) in [6.45, 7) is 3.52.